The largest absolute Gasteiger partial charge is 0.462 e. The second-order valence-corrected chi connectivity index (χ2v) is 17.7. The molecule has 0 aromatic rings. The molecule has 0 fully saturated rings. The molecular weight excluding hydrogens is 685 g/mol. The molecule has 0 aliphatic heterocycles. The highest BCUT2D eigenvalue weighted by Crippen LogP contribution is 2.17. The van der Waals surface area contributed by atoms with Crippen LogP contribution in [0.5, 0.6) is 0 Å². The number of carbonyl (C=O) groups excluding carboxylic acids is 3. The fourth-order valence-corrected chi connectivity index (χ4v) is 7.28. The van der Waals surface area contributed by atoms with E-state index in [0.717, 1.165) is 69.6 Å². The van der Waals surface area contributed by atoms with Crippen LogP contribution in [0.25, 0.3) is 0 Å². The van der Waals surface area contributed by atoms with Gasteiger partial charge in [-0.15, -0.1) is 0 Å². The molecule has 0 heterocycles. The lowest BCUT2D eigenvalue weighted by molar-refractivity contribution is -0.167. The van der Waals surface area contributed by atoms with Crippen molar-refractivity contribution in [3.8, 4) is 0 Å². The van der Waals surface area contributed by atoms with Crippen molar-refractivity contribution >= 4 is 17.9 Å². The molecule has 0 aromatic carbocycles. The van der Waals surface area contributed by atoms with Crippen LogP contribution in [0.4, 0.5) is 0 Å². The molecule has 0 saturated heterocycles. The Morgan fingerprint density at radius 1 is 0.345 bits per heavy atom. The SMILES string of the molecule is CCCCCCCCCCCCC(=O)O[C@@H](COC(=O)CCCCCCCCCCCCCCCC(C)C)COC(=O)CCCCCCCCCCC(C)C. The van der Waals surface area contributed by atoms with E-state index >= 15 is 0 Å². The van der Waals surface area contributed by atoms with Gasteiger partial charge in [-0.2, -0.15) is 0 Å². The second-order valence-electron chi connectivity index (χ2n) is 17.7. The fourth-order valence-electron chi connectivity index (χ4n) is 7.28. The van der Waals surface area contributed by atoms with Gasteiger partial charge in [0.15, 0.2) is 6.10 Å². The van der Waals surface area contributed by atoms with Crippen LogP contribution >= 0.6 is 0 Å². The van der Waals surface area contributed by atoms with Crippen molar-refractivity contribution < 1.29 is 28.6 Å². The van der Waals surface area contributed by atoms with Crippen molar-refractivity contribution in [3.05, 3.63) is 0 Å². The molecule has 0 radical (unpaired) electrons. The first-order valence-corrected chi connectivity index (χ1v) is 24.2. The zero-order valence-corrected chi connectivity index (χ0v) is 37.6. The minimum atomic E-state index is -0.760. The van der Waals surface area contributed by atoms with Gasteiger partial charge < -0.3 is 14.2 Å². The van der Waals surface area contributed by atoms with Crippen molar-refractivity contribution in [2.24, 2.45) is 11.8 Å². The van der Waals surface area contributed by atoms with Gasteiger partial charge in [-0.25, -0.2) is 0 Å². The lowest BCUT2D eigenvalue weighted by atomic mass is 10.0. The molecule has 0 aromatic heterocycles. The van der Waals surface area contributed by atoms with Gasteiger partial charge in [0.1, 0.15) is 13.2 Å². The topological polar surface area (TPSA) is 78.9 Å². The minimum absolute atomic E-state index is 0.0645. The molecule has 0 saturated carbocycles. The first kappa shape index (κ1) is 53.4. The summed E-state index contributed by atoms with van der Waals surface area (Å²) in [6, 6.07) is 0. The average molecular weight is 779 g/mol. The maximum absolute atomic E-state index is 12.7. The van der Waals surface area contributed by atoms with Crippen molar-refractivity contribution in [2.45, 2.75) is 272 Å². The Labute approximate surface area is 342 Å². The van der Waals surface area contributed by atoms with Gasteiger partial charge in [0, 0.05) is 19.3 Å². The predicted molar refractivity (Wildman–Crippen MR) is 233 cm³/mol. The molecule has 6 nitrogen and oxygen atoms in total. The molecule has 0 unspecified atom stereocenters. The molecule has 0 bridgehead atoms. The molecular formula is C49H94O6. The monoisotopic (exact) mass is 779 g/mol. The smallest absolute Gasteiger partial charge is 0.306 e. The summed E-state index contributed by atoms with van der Waals surface area (Å²) in [6.07, 6.45) is 40.9. The van der Waals surface area contributed by atoms with Crippen LogP contribution in [0.2, 0.25) is 0 Å². The van der Waals surface area contributed by atoms with Crippen LogP contribution in [0.1, 0.15) is 266 Å². The van der Waals surface area contributed by atoms with Crippen LogP contribution in [0.15, 0.2) is 0 Å². The number of hydrogen-bond acceptors (Lipinski definition) is 6. The normalized spacial score (nSPS) is 12.1. The first-order chi connectivity index (χ1) is 26.7. The van der Waals surface area contributed by atoms with Gasteiger partial charge in [0.2, 0.25) is 0 Å². The number of esters is 3. The summed E-state index contributed by atoms with van der Waals surface area (Å²) in [7, 11) is 0. The Morgan fingerprint density at radius 3 is 0.891 bits per heavy atom. The maximum Gasteiger partial charge on any atom is 0.306 e. The lowest BCUT2D eigenvalue weighted by Crippen LogP contribution is -2.30. The van der Waals surface area contributed by atoms with E-state index in [2.05, 4.69) is 34.6 Å². The first-order valence-electron chi connectivity index (χ1n) is 24.2. The zero-order valence-electron chi connectivity index (χ0n) is 37.6. The summed E-state index contributed by atoms with van der Waals surface area (Å²) >= 11 is 0. The van der Waals surface area contributed by atoms with E-state index in [0.29, 0.717) is 19.3 Å². The maximum atomic E-state index is 12.7. The third-order valence-electron chi connectivity index (χ3n) is 11.0. The second kappa shape index (κ2) is 42.0. The quantitative estimate of drug-likeness (QED) is 0.0348. The summed E-state index contributed by atoms with van der Waals surface area (Å²) in [5.41, 5.74) is 0. The molecule has 0 spiro atoms. The van der Waals surface area contributed by atoms with Gasteiger partial charge in [0.05, 0.1) is 0 Å². The van der Waals surface area contributed by atoms with Crippen LogP contribution in [-0.4, -0.2) is 37.2 Å². The number of rotatable bonds is 43. The van der Waals surface area contributed by atoms with Gasteiger partial charge in [-0.1, -0.05) is 227 Å². The van der Waals surface area contributed by atoms with E-state index in [-0.39, 0.29) is 31.1 Å². The summed E-state index contributed by atoms with van der Waals surface area (Å²) in [6.45, 7) is 11.3. The van der Waals surface area contributed by atoms with Crippen molar-refractivity contribution in [1.29, 1.82) is 0 Å². The van der Waals surface area contributed by atoms with Crippen molar-refractivity contribution in [2.75, 3.05) is 13.2 Å². The Bertz CT molecular complexity index is 839. The lowest BCUT2D eigenvalue weighted by Gasteiger charge is -2.18. The Kier molecular flexibility index (Phi) is 40.8. The predicted octanol–water partition coefficient (Wildman–Crippen LogP) is 15.4. The number of hydrogen-bond donors (Lipinski definition) is 0. The van der Waals surface area contributed by atoms with E-state index < -0.39 is 6.10 Å². The van der Waals surface area contributed by atoms with Gasteiger partial charge in [0.25, 0.3) is 0 Å². The van der Waals surface area contributed by atoms with Crippen molar-refractivity contribution in [1.82, 2.24) is 0 Å². The van der Waals surface area contributed by atoms with E-state index in [1.165, 1.54) is 154 Å². The molecule has 0 rings (SSSR count). The van der Waals surface area contributed by atoms with E-state index in [4.69, 9.17) is 14.2 Å². The number of unbranched alkanes of at least 4 members (excludes halogenated alkanes) is 28. The molecule has 55 heavy (non-hydrogen) atoms. The third-order valence-corrected chi connectivity index (χ3v) is 11.0. The van der Waals surface area contributed by atoms with Crippen LogP contribution in [-0.2, 0) is 28.6 Å². The zero-order chi connectivity index (χ0) is 40.5. The van der Waals surface area contributed by atoms with Gasteiger partial charge >= 0.3 is 17.9 Å². The standard InChI is InChI=1S/C49H94O6/c1-6-7-8-9-10-11-18-26-31-36-41-49(52)55-46(43-54-48(51)40-35-30-25-21-20-23-28-33-38-45(4)5)42-53-47(50)39-34-29-24-19-16-14-12-13-15-17-22-27-32-37-44(2)3/h44-46H,6-43H2,1-5H3/t46-/m0/s1. The summed E-state index contributed by atoms with van der Waals surface area (Å²) in [5.74, 6) is 0.781. The highest BCUT2D eigenvalue weighted by atomic mass is 16.6. The Hall–Kier alpha value is -1.59. The molecule has 326 valence electrons. The van der Waals surface area contributed by atoms with E-state index in [9.17, 15) is 14.4 Å². The van der Waals surface area contributed by atoms with E-state index in [1.807, 2.05) is 0 Å². The molecule has 6 heteroatoms. The van der Waals surface area contributed by atoms with Crippen LogP contribution in [0, 0.1) is 11.8 Å². The Balaban J connectivity index is 4.28. The van der Waals surface area contributed by atoms with Gasteiger partial charge in [-0.3, -0.25) is 14.4 Å². The minimum Gasteiger partial charge on any atom is -0.462 e. The molecule has 0 amide bonds. The van der Waals surface area contributed by atoms with Crippen molar-refractivity contribution in [3.63, 3.8) is 0 Å². The van der Waals surface area contributed by atoms with Crippen LogP contribution < -0.4 is 0 Å². The summed E-state index contributed by atoms with van der Waals surface area (Å²) in [5, 5.41) is 0. The summed E-state index contributed by atoms with van der Waals surface area (Å²) < 4.78 is 16.7. The average Bonchev–Trinajstić information content (AvgIpc) is 3.15. The summed E-state index contributed by atoms with van der Waals surface area (Å²) in [4.78, 5) is 37.8. The molecule has 0 N–H and O–H groups in total. The molecule has 1 atom stereocenters. The Morgan fingerprint density at radius 2 is 0.600 bits per heavy atom. The number of ether oxygens (including phenoxy) is 3. The molecule has 0 aliphatic rings. The van der Waals surface area contributed by atoms with Gasteiger partial charge in [-0.05, 0) is 31.1 Å². The number of carbonyl (C=O) groups is 3. The van der Waals surface area contributed by atoms with E-state index in [1.54, 1.807) is 0 Å². The highest BCUT2D eigenvalue weighted by molar-refractivity contribution is 5.71. The molecule has 0 aliphatic carbocycles. The fraction of sp³-hybridized carbons (Fsp3) is 0.939. The van der Waals surface area contributed by atoms with Crippen LogP contribution in [0.3, 0.4) is 0 Å². The third kappa shape index (κ3) is 43.4. The highest BCUT2D eigenvalue weighted by Gasteiger charge is 2.19.